The topological polar surface area (TPSA) is 66.0 Å². The number of aromatic nitrogens is 1. The van der Waals surface area contributed by atoms with Crippen molar-refractivity contribution >= 4 is 29.9 Å². The molecule has 0 spiro atoms. The number of carboxylic acid groups (broad SMARTS) is 1. The molecule has 0 saturated carbocycles. The summed E-state index contributed by atoms with van der Waals surface area (Å²) in [6.45, 7) is 0. The Labute approximate surface area is 150 Å². The second kappa shape index (κ2) is 7.86. The van der Waals surface area contributed by atoms with Gasteiger partial charge >= 0.3 is 5.97 Å². The van der Waals surface area contributed by atoms with Crippen molar-refractivity contribution in [3.63, 3.8) is 0 Å². The summed E-state index contributed by atoms with van der Waals surface area (Å²) >= 11 is 5.15. The molecular formula is C18H16N2O2S2. The molecule has 0 aliphatic heterocycles. The molecule has 2 heterocycles. The van der Waals surface area contributed by atoms with E-state index in [4.69, 9.17) is 0 Å². The third kappa shape index (κ3) is 3.37. The van der Waals surface area contributed by atoms with Crippen molar-refractivity contribution in [2.75, 3.05) is 6.26 Å². The SMILES string of the molecule is CS.Cn1cc(C#N)c(-c2ccc(-c3ccsc3)cc2)c1C(=O)O. The van der Waals surface area contributed by atoms with Crippen molar-refractivity contribution in [2.24, 2.45) is 7.05 Å². The molecular weight excluding hydrogens is 340 g/mol. The molecule has 0 aliphatic carbocycles. The van der Waals surface area contributed by atoms with Crippen LogP contribution >= 0.6 is 24.0 Å². The number of nitrogens with zero attached hydrogens (tertiary/aromatic N) is 2. The smallest absolute Gasteiger partial charge is 0.353 e. The molecule has 0 bridgehead atoms. The number of hydrogen-bond acceptors (Lipinski definition) is 4. The van der Waals surface area contributed by atoms with Gasteiger partial charge in [0.25, 0.3) is 0 Å². The molecule has 0 saturated heterocycles. The average molecular weight is 356 g/mol. The molecule has 1 N–H and O–H groups in total. The van der Waals surface area contributed by atoms with Gasteiger partial charge in [0, 0.05) is 18.8 Å². The number of hydrogen-bond donors (Lipinski definition) is 2. The van der Waals surface area contributed by atoms with E-state index in [1.807, 2.05) is 35.7 Å². The molecule has 1 aromatic carbocycles. The molecule has 6 heteroatoms. The highest BCUT2D eigenvalue weighted by Gasteiger charge is 2.21. The van der Waals surface area contributed by atoms with Crippen LogP contribution in [0.1, 0.15) is 16.1 Å². The van der Waals surface area contributed by atoms with E-state index in [1.165, 1.54) is 4.57 Å². The van der Waals surface area contributed by atoms with E-state index < -0.39 is 5.97 Å². The number of benzene rings is 1. The summed E-state index contributed by atoms with van der Waals surface area (Å²) in [7, 11) is 1.63. The highest BCUT2D eigenvalue weighted by Crippen LogP contribution is 2.31. The highest BCUT2D eigenvalue weighted by atomic mass is 32.1. The van der Waals surface area contributed by atoms with Crippen molar-refractivity contribution in [1.29, 1.82) is 5.26 Å². The fourth-order valence-electron chi connectivity index (χ4n) is 2.52. The quantitative estimate of drug-likeness (QED) is 0.677. The minimum atomic E-state index is -1.04. The first-order chi connectivity index (χ1) is 11.6. The second-order valence-corrected chi connectivity index (χ2v) is 5.66. The first-order valence-corrected chi connectivity index (χ1v) is 8.86. The van der Waals surface area contributed by atoms with E-state index in [-0.39, 0.29) is 5.69 Å². The number of thiol groups is 1. The van der Waals surface area contributed by atoms with Gasteiger partial charge in [-0.25, -0.2) is 4.79 Å². The lowest BCUT2D eigenvalue weighted by Crippen LogP contribution is -2.05. The van der Waals surface area contributed by atoms with Gasteiger partial charge in [0.05, 0.1) is 5.56 Å². The Morgan fingerprint density at radius 1 is 1.17 bits per heavy atom. The number of aryl methyl sites for hydroxylation is 1. The monoisotopic (exact) mass is 356 g/mol. The average Bonchev–Trinajstić information content (AvgIpc) is 3.24. The van der Waals surface area contributed by atoms with Gasteiger partial charge in [-0.05, 0) is 39.8 Å². The third-order valence-electron chi connectivity index (χ3n) is 3.53. The molecule has 0 atom stereocenters. The largest absolute Gasteiger partial charge is 0.477 e. The summed E-state index contributed by atoms with van der Waals surface area (Å²) in [5.74, 6) is -1.04. The number of thiophene rings is 1. The molecule has 0 radical (unpaired) electrons. The van der Waals surface area contributed by atoms with Gasteiger partial charge < -0.3 is 9.67 Å². The van der Waals surface area contributed by atoms with Crippen LogP contribution in [-0.2, 0) is 7.05 Å². The second-order valence-electron chi connectivity index (χ2n) is 4.88. The van der Waals surface area contributed by atoms with Gasteiger partial charge in [0.15, 0.2) is 0 Å². The maximum absolute atomic E-state index is 11.5. The number of nitriles is 1. The first kappa shape index (κ1) is 17.9. The van der Waals surface area contributed by atoms with Crippen LogP contribution in [0.3, 0.4) is 0 Å². The van der Waals surface area contributed by atoms with E-state index in [1.54, 1.807) is 30.8 Å². The fraction of sp³-hybridized carbons (Fsp3) is 0.111. The lowest BCUT2D eigenvalue weighted by molar-refractivity contribution is 0.0687. The number of carbonyl (C=O) groups is 1. The van der Waals surface area contributed by atoms with Crippen LogP contribution < -0.4 is 0 Å². The molecule has 24 heavy (non-hydrogen) atoms. The van der Waals surface area contributed by atoms with E-state index in [9.17, 15) is 15.2 Å². The Morgan fingerprint density at radius 3 is 2.29 bits per heavy atom. The Morgan fingerprint density at radius 2 is 1.79 bits per heavy atom. The predicted octanol–water partition coefficient (Wildman–Crippen LogP) is 4.54. The normalized spacial score (nSPS) is 9.75. The van der Waals surface area contributed by atoms with Crippen molar-refractivity contribution in [2.45, 2.75) is 0 Å². The van der Waals surface area contributed by atoms with Gasteiger partial charge in [-0.15, -0.1) is 0 Å². The van der Waals surface area contributed by atoms with Crippen LogP contribution in [0.5, 0.6) is 0 Å². The van der Waals surface area contributed by atoms with Crippen molar-refractivity contribution in [1.82, 2.24) is 4.57 Å². The summed E-state index contributed by atoms with van der Waals surface area (Å²) in [4.78, 5) is 11.5. The maximum atomic E-state index is 11.5. The van der Waals surface area contributed by atoms with Gasteiger partial charge in [-0.1, -0.05) is 24.3 Å². The maximum Gasteiger partial charge on any atom is 0.353 e. The molecule has 2 aromatic heterocycles. The van der Waals surface area contributed by atoms with Crippen LogP contribution in [0, 0.1) is 11.3 Å². The highest BCUT2D eigenvalue weighted by molar-refractivity contribution is 7.79. The summed E-state index contributed by atoms with van der Waals surface area (Å²) < 4.78 is 1.48. The van der Waals surface area contributed by atoms with E-state index >= 15 is 0 Å². The zero-order valence-corrected chi connectivity index (χ0v) is 14.9. The van der Waals surface area contributed by atoms with Crippen LogP contribution in [0.2, 0.25) is 0 Å². The van der Waals surface area contributed by atoms with Gasteiger partial charge in [-0.3, -0.25) is 0 Å². The van der Waals surface area contributed by atoms with Crippen molar-refractivity contribution < 1.29 is 9.90 Å². The minimum absolute atomic E-state index is 0.125. The minimum Gasteiger partial charge on any atom is -0.477 e. The number of aromatic carboxylic acids is 1. The van der Waals surface area contributed by atoms with Crippen molar-refractivity contribution in [3.8, 4) is 28.3 Å². The van der Waals surface area contributed by atoms with Gasteiger partial charge in [-0.2, -0.15) is 29.2 Å². The van der Waals surface area contributed by atoms with Crippen LogP contribution in [0.4, 0.5) is 0 Å². The molecule has 3 aromatic rings. The lowest BCUT2D eigenvalue weighted by Gasteiger charge is -2.05. The van der Waals surface area contributed by atoms with E-state index in [2.05, 4.69) is 24.1 Å². The molecule has 0 fully saturated rings. The molecule has 0 aliphatic rings. The summed E-state index contributed by atoms with van der Waals surface area (Å²) in [6.07, 6.45) is 3.24. The van der Waals surface area contributed by atoms with Gasteiger partial charge in [0.2, 0.25) is 0 Å². The zero-order valence-electron chi connectivity index (χ0n) is 13.2. The third-order valence-corrected chi connectivity index (χ3v) is 4.22. The number of carboxylic acids is 1. The van der Waals surface area contributed by atoms with Crippen LogP contribution in [0.25, 0.3) is 22.3 Å². The van der Waals surface area contributed by atoms with Crippen LogP contribution in [0.15, 0.2) is 47.3 Å². The Balaban J connectivity index is 0.00000100. The van der Waals surface area contributed by atoms with E-state index in [0.717, 1.165) is 16.7 Å². The summed E-state index contributed by atoms with van der Waals surface area (Å²) in [5, 5.41) is 22.7. The summed E-state index contributed by atoms with van der Waals surface area (Å²) in [5.41, 5.74) is 3.88. The Bertz CT molecular complexity index is 873. The van der Waals surface area contributed by atoms with Crippen LogP contribution in [-0.4, -0.2) is 21.9 Å². The van der Waals surface area contributed by atoms with Gasteiger partial charge in [0.1, 0.15) is 11.8 Å². The zero-order chi connectivity index (χ0) is 17.7. The first-order valence-electron chi connectivity index (χ1n) is 7.02. The molecule has 3 rings (SSSR count). The molecule has 0 unspecified atom stereocenters. The number of rotatable bonds is 3. The summed E-state index contributed by atoms with van der Waals surface area (Å²) in [6, 6.07) is 11.7. The lowest BCUT2D eigenvalue weighted by atomic mass is 9.99. The van der Waals surface area contributed by atoms with Crippen molar-refractivity contribution in [3.05, 3.63) is 58.5 Å². The van der Waals surface area contributed by atoms with E-state index in [0.29, 0.717) is 11.1 Å². The predicted molar refractivity (Wildman–Crippen MR) is 101 cm³/mol. The standard InChI is InChI=1S/C17H12N2O2S.CH4S/c1-19-9-14(8-18)15(16(19)17(20)21)12-4-2-11(3-5-12)13-6-7-22-10-13;1-2/h2-7,9-10H,1H3,(H,20,21);2H,1H3. The Kier molecular flexibility index (Phi) is 5.85. The molecule has 0 amide bonds. The molecule has 4 nitrogen and oxygen atoms in total. The molecule has 122 valence electrons. The Hall–Kier alpha value is -2.49. The fourth-order valence-corrected chi connectivity index (χ4v) is 3.18.